The summed E-state index contributed by atoms with van der Waals surface area (Å²) in [6.07, 6.45) is 6.12. The molecule has 1 aromatic carbocycles. The maximum atomic E-state index is 12.2. The monoisotopic (exact) mass is 378 g/mol. The molecule has 0 spiro atoms. The van der Waals surface area contributed by atoms with Crippen molar-refractivity contribution in [1.29, 1.82) is 0 Å². The number of nitrogens with one attached hydrogen (secondary N) is 3. The van der Waals surface area contributed by atoms with Gasteiger partial charge in [0.1, 0.15) is 0 Å². The normalized spacial score (nSPS) is 26.5. The standard InChI is InChI=1S/C19H27ClN4O2/c1-24-18(25)10-9-17(23-24)22-19(26)21-16-7-5-13(6-8-16)11-14-3-2-4-15(20)12-14/h2-4,12-13,16-17,23H,5-11H2,1H3,(H2,21,22,26)/t13-,16+,17?. The van der Waals surface area contributed by atoms with Crippen molar-refractivity contribution in [1.82, 2.24) is 21.1 Å². The number of benzene rings is 1. The molecule has 0 aromatic heterocycles. The molecule has 6 nitrogen and oxygen atoms in total. The zero-order valence-corrected chi connectivity index (χ0v) is 15.9. The molecule has 3 rings (SSSR count). The average molecular weight is 379 g/mol. The molecule has 0 radical (unpaired) electrons. The number of carbonyl (C=O) groups excluding carboxylic acids is 2. The van der Waals surface area contributed by atoms with E-state index in [1.54, 1.807) is 7.05 Å². The van der Waals surface area contributed by atoms with E-state index in [2.05, 4.69) is 22.1 Å². The Morgan fingerprint density at radius 3 is 2.69 bits per heavy atom. The van der Waals surface area contributed by atoms with Crippen LogP contribution in [0.3, 0.4) is 0 Å². The highest BCUT2D eigenvalue weighted by atomic mass is 35.5. The number of amides is 3. The van der Waals surface area contributed by atoms with E-state index in [1.807, 2.05) is 18.2 Å². The van der Waals surface area contributed by atoms with Gasteiger partial charge in [0.25, 0.3) is 0 Å². The summed E-state index contributed by atoms with van der Waals surface area (Å²) in [6, 6.07) is 8.12. The highest BCUT2D eigenvalue weighted by Crippen LogP contribution is 2.28. The van der Waals surface area contributed by atoms with Crippen LogP contribution in [-0.2, 0) is 11.2 Å². The van der Waals surface area contributed by atoms with Crippen molar-refractivity contribution in [2.45, 2.75) is 57.2 Å². The van der Waals surface area contributed by atoms with Gasteiger partial charge in [-0.3, -0.25) is 9.80 Å². The Labute approximate surface area is 159 Å². The quantitative estimate of drug-likeness (QED) is 0.754. The molecular formula is C19H27ClN4O2. The third-order valence-corrected chi connectivity index (χ3v) is 5.51. The van der Waals surface area contributed by atoms with Crippen molar-refractivity contribution < 1.29 is 9.59 Å². The highest BCUT2D eigenvalue weighted by molar-refractivity contribution is 6.30. The minimum Gasteiger partial charge on any atom is -0.335 e. The first-order valence-electron chi connectivity index (χ1n) is 9.34. The van der Waals surface area contributed by atoms with Crippen LogP contribution in [0.5, 0.6) is 0 Å². The second-order valence-electron chi connectivity index (χ2n) is 7.34. The van der Waals surface area contributed by atoms with Crippen LogP contribution in [0.25, 0.3) is 0 Å². The molecule has 1 atom stereocenters. The molecule has 7 heteroatoms. The second-order valence-corrected chi connectivity index (χ2v) is 7.78. The summed E-state index contributed by atoms with van der Waals surface area (Å²) in [7, 11) is 1.68. The van der Waals surface area contributed by atoms with Gasteiger partial charge in [-0.15, -0.1) is 0 Å². The lowest BCUT2D eigenvalue weighted by atomic mass is 9.82. The first-order chi connectivity index (χ1) is 12.5. The number of halogens is 1. The maximum absolute atomic E-state index is 12.2. The molecule has 1 saturated heterocycles. The first-order valence-corrected chi connectivity index (χ1v) is 9.71. The third-order valence-electron chi connectivity index (χ3n) is 5.27. The molecule has 1 unspecified atom stereocenters. The summed E-state index contributed by atoms with van der Waals surface area (Å²) in [5.74, 6) is 0.690. The lowest BCUT2D eigenvalue weighted by molar-refractivity contribution is -0.136. The van der Waals surface area contributed by atoms with E-state index in [9.17, 15) is 9.59 Å². The van der Waals surface area contributed by atoms with Gasteiger partial charge in [0, 0.05) is 24.5 Å². The van der Waals surface area contributed by atoms with Gasteiger partial charge in [-0.1, -0.05) is 23.7 Å². The zero-order chi connectivity index (χ0) is 18.5. The van der Waals surface area contributed by atoms with Crippen molar-refractivity contribution in [3.05, 3.63) is 34.9 Å². The van der Waals surface area contributed by atoms with Crippen LogP contribution in [0.2, 0.25) is 5.02 Å². The summed E-state index contributed by atoms with van der Waals surface area (Å²) in [5, 5.41) is 8.21. The minimum atomic E-state index is -0.197. The lowest BCUT2D eigenvalue weighted by Gasteiger charge is -2.33. The summed E-state index contributed by atoms with van der Waals surface area (Å²) in [5.41, 5.74) is 4.26. The van der Waals surface area contributed by atoms with Crippen molar-refractivity contribution in [2.24, 2.45) is 5.92 Å². The smallest absolute Gasteiger partial charge is 0.316 e. The van der Waals surface area contributed by atoms with Crippen LogP contribution in [0.15, 0.2) is 24.3 Å². The van der Waals surface area contributed by atoms with Gasteiger partial charge in [0.15, 0.2) is 0 Å². The molecule has 3 N–H and O–H groups in total. The van der Waals surface area contributed by atoms with E-state index in [1.165, 1.54) is 10.6 Å². The fourth-order valence-corrected chi connectivity index (χ4v) is 4.02. The first kappa shape index (κ1) is 19.0. The number of nitrogens with zero attached hydrogens (tertiary/aromatic N) is 1. The Bertz CT molecular complexity index is 646. The molecular weight excluding hydrogens is 352 g/mol. The van der Waals surface area contributed by atoms with Gasteiger partial charge in [0.2, 0.25) is 5.91 Å². The largest absolute Gasteiger partial charge is 0.335 e. The van der Waals surface area contributed by atoms with Gasteiger partial charge in [-0.25, -0.2) is 10.2 Å². The summed E-state index contributed by atoms with van der Waals surface area (Å²) < 4.78 is 0. The van der Waals surface area contributed by atoms with E-state index < -0.39 is 0 Å². The molecule has 1 saturated carbocycles. The van der Waals surface area contributed by atoms with Crippen molar-refractivity contribution in [2.75, 3.05) is 7.05 Å². The molecule has 1 aliphatic heterocycles. The van der Waals surface area contributed by atoms with Crippen molar-refractivity contribution in [3.8, 4) is 0 Å². The lowest BCUT2D eigenvalue weighted by Crippen LogP contribution is -2.59. The fraction of sp³-hybridized carbons (Fsp3) is 0.579. The predicted octanol–water partition coefficient (Wildman–Crippen LogP) is 2.82. The molecule has 1 aromatic rings. The maximum Gasteiger partial charge on any atom is 0.316 e. The topological polar surface area (TPSA) is 73.5 Å². The van der Waals surface area contributed by atoms with E-state index in [4.69, 9.17) is 11.6 Å². The Hall–Kier alpha value is -1.79. The number of rotatable bonds is 4. The molecule has 2 fully saturated rings. The Morgan fingerprint density at radius 2 is 2.00 bits per heavy atom. The number of urea groups is 1. The van der Waals surface area contributed by atoms with Crippen LogP contribution in [-0.4, -0.2) is 36.2 Å². The van der Waals surface area contributed by atoms with Crippen LogP contribution >= 0.6 is 11.6 Å². The SMILES string of the molecule is CN1NC(NC(=O)N[C@H]2CC[C@@H](Cc3cccc(Cl)c3)CC2)CCC1=O. The van der Waals surface area contributed by atoms with Gasteiger partial charge in [-0.05, 0) is 62.1 Å². The van der Waals surface area contributed by atoms with Gasteiger partial charge < -0.3 is 10.6 Å². The molecule has 0 bridgehead atoms. The average Bonchev–Trinajstić information content (AvgIpc) is 2.60. The van der Waals surface area contributed by atoms with Gasteiger partial charge >= 0.3 is 6.03 Å². The fourth-order valence-electron chi connectivity index (χ4n) is 3.80. The molecule has 26 heavy (non-hydrogen) atoms. The summed E-state index contributed by atoms with van der Waals surface area (Å²) in [6.45, 7) is 0. The van der Waals surface area contributed by atoms with E-state index in [-0.39, 0.29) is 24.1 Å². The predicted molar refractivity (Wildman–Crippen MR) is 101 cm³/mol. The van der Waals surface area contributed by atoms with Gasteiger partial charge in [0.05, 0.1) is 6.17 Å². The molecule has 3 amide bonds. The summed E-state index contributed by atoms with van der Waals surface area (Å²) >= 11 is 6.06. The number of hydrazine groups is 1. The molecule has 1 heterocycles. The highest BCUT2D eigenvalue weighted by Gasteiger charge is 2.26. The van der Waals surface area contributed by atoms with Gasteiger partial charge in [-0.2, -0.15) is 0 Å². The second kappa shape index (κ2) is 8.73. The van der Waals surface area contributed by atoms with E-state index in [0.717, 1.165) is 37.1 Å². The van der Waals surface area contributed by atoms with Crippen LogP contribution in [0.1, 0.15) is 44.1 Å². The van der Waals surface area contributed by atoms with Crippen LogP contribution in [0, 0.1) is 5.92 Å². The molecule has 142 valence electrons. The zero-order valence-electron chi connectivity index (χ0n) is 15.1. The molecule has 2 aliphatic rings. The summed E-state index contributed by atoms with van der Waals surface area (Å²) in [4.78, 5) is 23.6. The third kappa shape index (κ3) is 5.35. The van der Waals surface area contributed by atoms with E-state index >= 15 is 0 Å². The molecule has 1 aliphatic carbocycles. The Morgan fingerprint density at radius 1 is 1.23 bits per heavy atom. The van der Waals surface area contributed by atoms with Crippen molar-refractivity contribution >= 4 is 23.5 Å². The van der Waals surface area contributed by atoms with E-state index in [0.29, 0.717) is 18.8 Å². The van der Waals surface area contributed by atoms with Crippen molar-refractivity contribution in [3.63, 3.8) is 0 Å². The Balaban J connectivity index is 1.38. The number of carbonyl (C=O) groups is 2. The Kier molecular flexibility index (Phi) is 6.38. The number of hydrogen-bond donors (Lipinski definition) is 3. The van der Waals surface area contributed by atoms with Crippen LogP contribution in [0.4, 0.5) is 4.79 Å². The number of hydrogen-bond acceptors (Lipinski definition) is 3. The minimum absolute atomic E-state index is 0.0430. The van der Waals surface area contributed by atoms with Crippen LogP contribution < -0.4 is 16.1 Å².